The number of aromatic nitrogens is 3. The maximum atomic E-state index is 10.9. The minimum atomic E-state index is -1.06. The molecule has 6 nitrogen and oxygen atoms in total. The van der Waals surface area contributed by atoms with Crippen LogP contribution < -0.4 is 4.74 Å². The molecule has 0 spiro atoms. The van der Waals surface area contributed by atoms with Crippen molar-refractivity contribution in [1.82, 2.24) is 14.4 Å². The molecule has 0 unspecified atom stereocenters. The van der Waals surface area contributed by atoms with E-state index in [9.17, 15) is 4.79 Å². The van der Waals surface area contributed by atoms with E-state index in [1.807, 2.05) is 24.3 Å². The van der Waals surface area contributed by atoms with E-state index in [1.165, 1.54) is 6.20 Å². The molecule has 0 aliphatic rings. The van der Waals surface area contributed by atoms with Crippen LogP contribution in [0.25, 0.3) is 16.9 Å². The van der Waals surface area contributed by atoms with E-state index in [2.05, 4.69) is 9.97 Å². The van der Waals surface area contributed by atoms with Gasteiger partial charge in [0.2, 0.25) is 0 Å². The largest absolute Gasteiger partial charge is 0.497 e. The van der Waals surface area contributed by atoms with Gasteiger partial charge in [-0.2, -0.15) is 0 Å². The Morgan fingerprint density at radius 3 is 2.70 bits per heavy atom. The molecule has 0 radical (unpaired) electrons. The van der Waals surface area contributed by atoms with Crippen LogP contribution in [-0.2, 0) is 0 Å². The average molecular weight is 269 g/mol. The maximum Gasteiger partial charge on any atom is 0.356 e. The highest BCUT2D eigenvalue weighted by Gasteiger charge is 2.10. The summed E-state index contributed by atoms with van der Waals surface area (Å²) in [5, 5.41) is 8.92. The summed E-state index contributed by atoms with van der Waals surface area (Å²) >= 11 is 0. The average Bonchev–Trinajstić information content (AvgIpc) is 2.90. The number of hydrogen-bond donors (Lipinski definition) is 1. The van der Waals surface area contributed by atoms with Gasteiger partial charge >= 0.3 is 5.97 Å². The number of imidazole rings is 1. The van der Waals surface area contributed by atoms with Crippen molar-refractivity contribution in [3.63, 3.8) is 0 Å². The lowest BCUT2D eigenvalue weighted by Crippen LogP contribution is -1.94. The molecule has 0 aliphatic heterocycles. The molecule has 0 bridgehead atoms. The summed E-state index contributed by atoms with van der Waals surface area (Å²) in [6.07, 6.45) is 2.98. The Labute approximate surface area is 114 Å². The van der Waals surface area contributed by atoms with Gasteiger partial charge in [-0.25, -0.2) is 14.8 Å². The molecule has 6 heteroatoms. The Balaban J connectivity index is 2.04. The monoisotopic (exact) mass is 269 g/mol. The number of benzene rings is 1. The SMILES string of the molecule is COc1ccc(-c2cc3nc(C(=O)O)cn3cn2)cc1. The zero-order chi connectivity index (χ0) is 14.1. The second-order valence-corrected chi connectivity index (χ2v) is 4.20. The smallest absolute Gasteiger partial charge is 0.356 e. The van der Waals surface area contributed by atoms with E-state index in [4.69, 9.17) is 9.84 Å². The van der Waals surface area contributed by atoms with Gasteiger partial charge in [-0.3, -0.25) is 4.40 Å². The number of fused-ring (bicyclic) bond motifs is 1. The van der Waals surface area contributed by atoms with Crippen molar-refractivity contribution in [2.45, 2.75) is 0 Å². The van der Waals surface area contributed by atoms with E-state index >= 15 is 0 Å². The summed E-state index contributed by atoms with van der Waals surface area (Å²) in [6, 6.07) is 9.20. The molecule has 3 aromatic rings. The van der Waals surface area contributed by atoms with Gasteiger partial charge in [-0.05, 0) is 24.3 Å². The predicted molar refractivity (Wildman–Crippen MR) is 71.9 cm³/mol. The molecule has 2 heterocycles. The third-order valence-electron chi connectivity index (χ3n) is 2.95. The Morgan fingerprint density at radius 2 is 2.05 bits per heavy atom. The van der Waals surface area contributed by atoms with Crippen molar-refractivity contribution in [2.75, 3.05) is 7.11 Å². The standard InChI is InChI=1S/C14H11N3O3/c1-20-10-4-2-9(3-5-10)11-6-13-16-12(14(18)19)7-17(13)8-15-11/h2-8H,1H3,(H,18,19). The van der Waals surface area contributed by atoms with E-state index in [0.29, 0.717) is 5.65 Å². The first-order valence-electron chi connectivity index (χ1n) is 5.90. The van der Waals surface area contributed by atoms with Crippen molar-refractivity contribution in [3.05, 3.63) is 48.5 Å². The number of carboxylic acid groups (broad SMARTS) is 1. The second kappa shape index (κ2) is 4.65. The van der Waals surface area contributed by atoms with Gasteiger partial charge < -0.3 is 9.84 Å². The van der Waals surface area contributed by atoms with Crippen LogP contribution in [0.2, 0.25) is 0 Å². The Morgan fingerprint density at radius 1 is 1.30 bits per heavy atom. The lowest BCUT2D eigenvalue weighted by atomic mass is 10.1. The zero-order valence-corrected chi connectivity index (χ0v) is 10.6. The third-order valence-corrected chi connectivity index (χ3v) is 2.95. The summed E-state index contributed by atoms with van der Waals surface area (Å²) in [5.41, 5.74) is 2.18. The number of ether oxygens (including phenoxy) is 1. The summed E-state index contributed by atoms with van der Waals surface area (Å²) in [6.45, 7) is 0. The molecule has 1 aromatic carbocycles. The second-order valence-electron chi connectivity index (χ2n) is 4.20. The van der Waals surface area contributed by atoms with Crippen molar-refractivity contribution in [3.8, 4) is 17.0 Å². The van der Waals surface area contributed by atoms with Gasteiger partial charge in [0.1, 0.15) is 17.7 Å². The third kappa shape index (κ3) is 2.07. The van der Waals surface area contributed by atoms with E-state index in [0.717, 1.165) is 17.0 Å². The summed E-state index contributed by atoms with van der Waals surface area (Å²) in [7, 11) is 1.61. The number of methoxy groups -OCH3 is 1. The first-order chi connectivity index (χ1) is 9.67. The summed E-state index contributed by atoms with van der Waals surface area (Å²) in [5.74, 6) is -0.288. The molecule has 0 aliphatic carbocycles. The van der Waals surface area contributed by atoms with Crippen LogP contribution in [0, 0.1) is 0 Å². The van der Waals surface area contributed by atoms with Gasteiger partial charge in [-0.15, -0.1) is 0 Å². The number of aromatic carboxylic acids is 1. The minimum Gasteiger partial charge on any atom is -0.497 e. The van der Waals surface area contributed by atoms with Gasteiger partial charge in [0.15, 0.2) is 5.69 Å². The van der Waals surface area contributed by atoms with Crippen molar-refractivity contribution in [1.29, 1.82) is 0 Å². The van der Waals surface area contributed by atoms with Crippen LogP contribution >= 0.6 is 0 Å². The number of carbonyl (C=O) groups is 1. The van der Waals surface area contributed by atoms with E-state index in [-0.39, 0.29) is 5.69 Å². The molecular formula is C14H11N3O3. The fourth-order valence-electron chi connectivity index (χ4n) is 1.91. The van der Waals surface area contributed by atoms with Gasteiger partial charge in [0, 0.05) is 17.8 Å². The fourth-order valence-corrected chi connectivity index (χ4v) is 1.91. The van der Waals surface area contributed by atoms with Crippen LogP contribution in [0.15, 0.2) is 42.9 Å². The molecule has 100 valence electrons. The molecule has 3 rings (SSSR count). The normalized spacial score (nSPS) is 10.7. The topological polar surface area (TPSA) is 76.7 Å². The van der Waals surface area contributed by atoms with Crippen LogP contribution in [-0.4, -0.2) is 32.6 Å². The minimum absolute atomic E-state index is 0.00122. The molecule has 0 saturated carbocycles. The molecule has 1 N–H and O–H groups in total. The van der Waals surface area contributed by atoms with Crippen LogP contribution in [0.3, 0.4) is 0 Å². The van der Waals surface area contributed by atoms with Gasteiger partial charge in [0.05, 0.1) is 12.8 Å². The van der Waals surface area contributed by atoms with Crippen molar-refractivity contribution < 1.29 is 14.6 Å². The molecule has 0 atom stereocenters. The molecular weight excluding hydrogens is 258 g/mol. The lowest BCUT2D eigenvalue weighted by Gasteiger charge is -2.03. The van der Waals surface area contributed by atoms with E-state index in [1.54, 1.807) is 23.9 Å². The Kier molecular flexibility index (Phi) is 2.83. The van der Waals surface area contributed by atoms with Crippen LogP contribution in [0.1, 0.15) is 10.5 Å². The molecule has 0 saturated heterocycles. The predicted octanol–water partition coefficient (Wildman–Crippen LogP) is 2.10. The Hall–Kier alpha value is -2.89. The van der Waals surface area contributed by atoms with Crippen LogP contribution in [0.5, 0.6) is 5.75 Å². The summed E-state index contributed by atoms with van der Waals surface area (Å²) in [4.78, 5) is 19.2. The first kappa shape index (κ1) is 12.2. The Bertz CT molecular complexity index is 778. The lowest BCUT2D eigenvalue weighted by molar-refractivity contribution is 0.0691. The number of rotatable bonds is 3. The highest BCUT2D eigenvalue weighted by atomic mass is 16.5. The van der Waals surface area contributed by atoms with Gasteiger partial charge in [-0.1, -0.05) is 0 Å². The molecule has 0 fully saturated rings. The van der Waals surface area contributed by atoms with Gasteiger partial charge in [0.25, 0.3) is 0 Å². The first-order valence-corrected chi connectivity index (χ1v) is 5.90. The number of nitrogens with zero attached hydrogens (tertiary/aromatic N) is 3. The maximum absolute atomic E-state index is 10.9. The molecule has 2 aromatic heterocycles. The number of hydrogen-bond acceptors (Lipinski definition) is 4. The zero-order valence-electron chi connectivity index (χ0n) is 10.6. The summed E-state index contributed by atoms with van der Waals surface area (Å²) < 4.78 is 6.68. The fraction of sp³-hybridized carbons (Fsp3) is 0.0714. The van der Waals surface area contributed by atoms with E-state index < -0.39 is 5.97 Å². The number of carboxylic acids is 1. The highest BCUT2D eigenvalue weighted by molar-refractivity contribution is 5.86. The van der Waals surface area contributed by atoms with Crippen LogP contribution in [0.4, 0.5) is 0 Å². The highest BCUT2D eigenvalue weighted by Crippen LogP contribution is 2.21. The molecule has 20 heavy (non-hydrogen) atoms. The molecule has 0 amide bonds. The quantitative estimate of drug-likeness (QED) is 0.788. The van der Waals surface area contributed by atoms with Crippen molar-refractivity contribution >= 4 is 11.6 Å². The van der Waals surface area contributed by atoms with Crippen molar-refractivity contribution in [2.24, 2.45) is 0 Å².